The number of ether oxygens (including phenoxy) is 2. The predicted octanol–water partition coefficient (Wildman–Crippen LogP) is 3.99. The number of hydrogen-bond acceptors (Lipinski definition) is 5. The molecule has 2 aromatic carbocycles. The van der Waals surface area contributed by atoms with Gasteiger partial charge < -0.3 is 20.1 Å². The molecular formula is C25H24N2O4S. The summed E-state index contributed by atoms with van der Waals surface area (Å²) >= 11 is 1.61. The molecule has 1 aliphatic heterocycles. The van der Waals surface area contributed by atoms with Gasteiger partial charge in [0, 0.05) is 10.4 Å². The fourth-order valence-electron chi connectivity index (χ4n) is 4.22. The van der Waals surface area contributed by atoms with Crippen molar-refractivity contribution in [1.82, 2.24) is 10.6 Å². The lowest BCUT2D eigenvalue weighted by atomic mass is 9.89. The number of fused-ring (bicyclic) bond motifs is 2. The lowest BCUT2D eigenvalue weighted by molar-refractivity contribution is -0.120. The van der Waals surface area contributed by atoms with E-state index in [1.165, 1.54) is 24.0 Å². The minimum absolute atomic E-state index is 0.111. The Labute approximate surface area is 190 Å². The molecule has 2 N–H and O–H groups in total. The van der Waals surface area contributed by atoms with Crippen molar-refractivity contribution in [2.24, 2.45) is 0 Å². The maximum absolute atomic E-state index is 12.8. The van der Waals surface area contributed by atoms with Crippen LogP contribution in [-0.4, -0.2) is 25.2 Å². The summed E-state index contributed by atoms with van der Waals surface area (Å²) in [6.07, 6.45) is 4.65. The van der Waals surface area contributed by atoms with Crippen molar-refractivity contribution >= 4 is 23.2 Å². The molecule has 0 bridgehead atoms. The lowest BCUT2D eigenvalue weighted by Crippen LogP contribution is -2.38. The molecule has 2 heterocycles. The van der Waals surface area contributed by atoms with Gasteiger partial charge >= 0.3 is 0 Å². The number of amides is 2. The molecule has 6 nitrogen and oxygen atoms in total. The van der Waals surface area contributed by atoms with Crippen molar-refractivity contribution in [1.29, 1.82) is 0 Å². The first-order valence-corrected chi connectivity index (χ1v) is 11.7. The van der Waals surface area contributed by atoms with E-state index in [0.717, 1.165) is 23.3 Å². The highest BCUT2D eigenvalue weighted by Gasteiger charge is 2.21. The van der Waals surface area contributed by atoms with Crippen LogP contribution in [0, 0.1) is 0 Å². The number of rotatable bonds is 6. The summed E-state index contributed by atoms with van der Waals surface area (Å²) in [5, 5.41) is 7.81. The molecule has 0 saturated heterocycles. The van der Waals surface area contributed by atoms with E-state index in [9.17, 15) is 9.59 Å². The van der Waals surface area contributed by atoms with E-state index in [4.69, 9.17) is 9.47 Å². The van der Waals surface area contributed by atoms with E-state index in [0.29, 0.717) is 17.1 Å². The molecule has 1 aliphatic carbocycles. The largest absolute Gasteiger partial charge is 0.454 e. The number of nitrogens with one attached hydrogen (secondary N) is 2. The molecule has 0 saturated carbocycles. The molecule has 2 aliphatic rings. The average molecular weight is 449 g/mol. The Balaban J connectivity index is 1.27. The first-order valence-electron chi connectivity index (χ1n) is 10.8. The molecule has 7 heteroatoms. The molecule has 0 spiro atoms. The minimum Gasteiger partial charge on any atom is -0.454 e. The summed E-state index contributed by atoms with van der Waals surface area (Å²) in [7, 11) is 0. The van der Waals surface area contributed by atoms with Crippen LogP contribution in [0.5, 0.6) is 11.5 Å². The van der Waals surface area contributed by atoms with Crippen LogP contribution in [0.15, 0.2) is 53.9 Å². The molecule has 1 aromatic heterocycles. The maximum atomic E-state index is 12.8. The SMILES string of the molecule is O=C(CNC(=O)c1ccc2c(c1)OCO2)NC(c1ccc2c(c1)CCCC2)c1cccs1. The van der Waals surface area contributed by atoms with Crippen LogP contribution in [0.25, 0.3) is 0 Å². The molecule has 32 heavy (non-hydrogen) atoms. The zero-order valence-corrected chi connectivity index (χ0v) is 18.4. The zero-order valence-electron chi connectivity index (χ0n) is 17.6. The van der Waals surface area contributed by atoms with Gasteiger partial charge in [-0.15, -0.1) is 11.3 Å². The topological polar surface area (TPSA) is 76.7 Å². The van der Waals surface area contributed by atoms with Crippen LogP contribution in [-0.2, 0) is 17.6 Å². The number of benzene rings is 2. The smallest absolute Gasteiger partial charge is 0.251 e. The Kier molecular flexibility index (Phi) is 5.81. The Hall–Kier alpha value is -3.32. The number of hydrogen-bond donors (Lipinski definition) is 2. The summed E-state index contributed by atoms with van der Waals surface area (Å²) in [5.41, 5.74) is 4.28. The average Bonchev–Trinajstić information content (AvgIpc) is 3.52. The molecule has 0 fully saturated rings. The van der Waals surface area contributed by atoms with Gasteiger partial charge in [-0.05, 0) is 72.0 Å². The van der Waals surface area contributed by atoms with Gasteiger partial charge in [-0.1, -0.05) is 24.3 Å². The predicted molar refractivity (Wildman–Crippen MR) is 122 cm³/mol. The van der Waals surface area contributed by atoms with Crippen molar-refractivity contribution < 1.29 is 19.1 Å². The van der Waals surface area contributed by atoms with Gasteiger partial charge in [-0.2, -0.15) is 0 Å². The van der Waals surface area contributed by atoms with Gasteiger partial charge in [0.1, 0.15) is 0 Å². The van der Waals surface area contributed by atoms with Gasteiger partial charge in [0.25, 0.3) is 5.91 Å². The first-order chi connectivity index (χ1) is 15.7. The number of carbonyl (C=O) groups excluding carboxylic acids is 2. The third kappa shape index (κ3) is 4.34. The molecule has 0 radical (unpaired) electrons. The van der Waals surface area contributed by atoms with Gasteiger partial charge in [0.2, 0.25) is 12.7 Å². The second-order valence-corrected chi connectivity index (χ2v) is 8.98. The van der Waals surface area contributed by atoms with Crippen molar-refractivity contribution in [3.8, 4) is 11.5 Å². The van der Waals surface area contributed by atoms with E-state index in [2.05, 4.69) is 28.8 Å². The Morgan fingerprint density at radius 3 is 2.66 bits per heavy atom. The van der Waals surface area contributed by atoms with Gasteiger partial charge in [0.05, 0.1) is 12.6 Å². The number of thiophene rings is 1. The normalized spacial score (nSPS) is 15.0. The highest BCUT2D eigenvalue weighted by molar-refractivity contribution is 7.10. The minimum atomic E-state index is -0.333. The van der Waals surface area contributed by atoms with Crippen molar-refractivity contribution in [3.05, 3.63) is 81.0 Å². The molecule has 3 aromatic rings. The Bertz CT molecular complexity index is 1140. The van der Waals surface area contributed by atoms with Gasteiger partial charge in [-0.3, -0.25) is 9.59 Å². The molecule has 5 rings (SSSR count). The summed E-state index contributed by atoms with van der Waals surface area (Å²) < 4.78 is 10.6. The van der Waals surface area contributed by atoms with E-state index in [1.54, 1.807) is 29.5 Å². The summed E-state index contributed by atoms with van der Waals surface area (Å²) in [6, 6.07) is 15.3. The van der Waals surface area contributed by atoms with Crippen LogP contribution in [0.4, 0.5) is 0 Å². The number of carbonyl (C=O) groups is 2. The third-order valence-electron chi connectivity index (χ3n) is 5.88. The zero-order chi connectivity index (χ0) is 21.9. The van der Waals surface area contributed by atoms with Crippen molar-refractivity contribution in [2.75, 3.05) is 13.3 Å². The lowest BCUT2D eigenvalue weighted by Gasteiger charge is -2.22. The van der Waals surface area contributed by atoms with E-state index < -0.39 is 0 Å². The van der Waals surface area contributed by atoms with E-state index in [-0.39, 0.29) is 31.2 Å². The van der Waals surface area contributed by atoms with Gasteiger partial charge in [0.15, 0.2) is 11.5 Å². The summed E-state index contributed by atoms with van der Waals surface area (Å²) in [4.78, 5) is 26.3. The first kappa shape index (κ1) is 20.6. The van der Waals surface area contributed by atoms with Crippen molar-refractivity contribution in [2.45, 2.75) is 31.7 Å². The number of aryl methyl sites for hydroxylation is 2. The van der Waals surface area contributed by atoms with Crippen molar-refractivity contribution in [3.63, 3.8) is 0 Å². The quantitative estimate of drug-likeness (QED) is 0.598. The molecule has 2 amide bonds. The molecule has 164 valence electrons. The third-order valence-corrected chi connectivity index (χ3v) is 6.82. The van der Waals surface area contributed by atoms with Gasteiger partial charge in [-0.25, -0.2) is 0 Å². The molecule has 1 atom stereocenters. The monoisotopic (exact) mass is 448 g/mol. The molecule has 1 unspecified atom stereocenters. The Morgan fingerprint density at radius 1 is 0.969 bits per heavy atom. The van der Waals surface area contributed by atoms with Crippen LogP contribution in [0.3, 0.4) is 0 Å². The summed E-state index contributed by atoms with van der Waals surface area (Å²) in [6.45, 7) is 0.0374. The highest BCUT2D eigenvalue weighted by atomic mass is 32.1. The second kappa shape index (κ2) is 9.04. The molecular weight excluding hydrogens is 424 g/mol. The van der Waals surface area contributed by atoms with E-state index >= 15 is 0 Å². The van der Waals surface area contributed by atoms with Crippen LogP contribution < -0.4 is 20.1 Å². The fourth-order valence-corrected chi connectivity index (χ4v) is 5.02. The van der Waals surface area contributed by atoms with E-state index in [1.807, 2.05) is 17.5 Å². The van der Waals surface area contributed by atoms with Crippen LogP contribution in [0.1, 0.15) is 50.8 Å². The fraction of sp³-hybridized carbons (Fsp3) is 0.280. The summed E-state index contributed by atoms with van der Waals surface area (Å²) in [5.74, 6) is 0.575. The maximum Gasteiger partial charge on any atom is 0.251 e. The highest BCUT2D eigenvalue weighted by Crippen LogP contribution is 2.32. The standard InChI is InChI=1S/C25H24N2O4S/c28-23(14-26-25(29)19-9-10-20-21(13-19)31-15-30-20)27-24(22-6-3-11-32-22)18-8-7-16-4-1-2-5-17(16)12-18/h3,6-13,24H,1-2,4-5,14-15H2,(H,26,29)(H,27,28). The van der Waals surface area contributed by atoms with Crippen LogP contribution in [0.2, 0.25) is 0 Å². The Morgan fingerprint density at radius 2 is 1.81 bits per heavy atom. The van der Waals surface area contributed by atoms with Crippen LogP contribution >= 0.6 is 11.3 Å². The second-order valence-electron chi connectivity index (χ2n) is 8.00.